The Morgan fingerprint density at radius 3 is 2.47 bits per heavy atom. The summed E-state index contributed by atoms with van der Waals surface area (Å²) in [6, 6.07) is 2.32. The zero-order valence-electron chi connectivity index (χ0n) is 10.5. The van der Waals surface area contributed by atoms with E-state index in [1.165, 1.54) is 6.92 Å². The minimum Gasteiger partial charge on any atom is -0.394 e. The van der Waals surface area contributed by atoms with Gasteiger partial charge in [0.25, 0.3) is 0 Å². The number of aliphatic hydroxyl groups excluding tert-OH is 1. The molecule has 2 nitrogen and oxygen atoms in total. The Morgan fingerprint density at radius 1 is 1.29 bits per heavy atom. The van der Waals surface area contributed by atoms with Gasteiger partial charge in [-0.15, -0.1) is 0 Å². The van der Waals surface area contributed by atoms with Crippen LogP contribution in [0.25, 0.3) is 0 Å². The van der Waals surface area contributed by atoms with E-state index in [9.17, 15) is 13.9 Å². The average Bonchev–Trinajstić information content (AvgIpc) is 2.31. The molecule has 0 saturated carbocycles. The molecule has 1 rings (SSSR count). The molecule has 1 aromatic carbocycles. The van der Waals surface area contributed by atoms with Crippen molar-refractivity contribution in [3.8, 4) is 0 Å². The van der Waals surface area contributed by atoms with Gasteiger partial charge < -0.3 is 10.4 Å². The molecule has 0 amide bonds. The van der Waals surface area contributed by atoms with Gasteiger partial charge in [0.15, 0.2) is 0 Å². The van der Waals surface area contributed by atoms with Gasteiger partial charge in [-0.05, 0) is 44.5 Å². The van der Waals surface area contributed by atoms with Gasteiger partial charge in [-0.25, -0.2) is 8.78 Å². The van der Waals surface area contributed by atoms with Crippen LogP contribution in [0.5, 0.6) is 0 Å². The molecule has 1 aromatic rings. The SMILES string of the molecule is CCCNC(C)(CO)c1cc(F)c(C)cc1F. The standard InChI is InChI=1S/C13H19F2NO/c1-4-5-16-13(3,8-17)10-7-11(14)9(2)6-12(10)15/h6-7,16-17H,4-5,8H2,1-3H3. The number of rotatable bonds is 5. The van der Waals surface area contributed by atoms with Crippen molar-refractivity contribution in [2.24, 2.45) is 0 Å². The van der Waals surface area contributed by atoms with Gasteiger partial charge in [0.2, 0.25) is 0 Å². The number of aliphatic hydroxyl groups is 1. The highest BCUT2D eigenvalue weighted by molar-refractivity contribution is 5.30. The lowest BCUT2D eigenvalue weighted by Gasteiger charge is -2.30. The quantitative estimate of drug-likeness (QED) is 0.832. The number of aryl methyl sites for hydroxylation is 1. The topological polar surface area (TPSA) is 32.3 Å². The lowest BCUT2D eigenvalue weighted by molar-refractivity contribution is 0.171. The lowest BCUT2D eigenvalue weighted by atomic mass is 9.91. The molecule has 0 aliphatic heterocycles. The molecule has 0 saturated heterocycles. The van der Waals surface area contributed by atoms with E-state index >= 15 is 0 Å². The monoisotopic (exact) mass is 243 g/mol. The molecule has 0 radical (unpaired) electrons. The Labute approximate surface area is 101 Å². The van der Waals surface area contributed by atoms with Crippen LogP contribution in [0.4, 0.5) is 8.78 Å². The molecule has 0 heterocycles. The maximum absolute atomic E-state index is 13.8. The van der Waals surface area contributed by atoms with Crippen molar-refractivity contribution >= 4 is 0 Å². The first kappa shape index (κ1) is 14.1. The molecule has 4 heteroatoms. The smallest absolute Gasteiger partial charge is 0.128 e. The predicted octanol–water partition coefficient (Wildman–Crippen LogP) is 2.48. The third-order valence-electron chi connectivity index (χ3n) is 2.92. The fourth-order valence-electron chi connectivity index (χ4n) is 1.71. The summed E-state index contributed by atoms with van der Waals surface area (Å²) in [6.07, 6.45) is 0.853. The zero-order chi connectivity index (χ0) is 13.1. The second-order valence-corrected chi connectivity index (χ2v) is 4.50. The number of benzene rings is 1. The highest BCUT2D eigenvalue weighted by Crippen LogP contribution is 2.25. The van der Waals surface area contributed by atoms with Gasteiger partial charge >= 0.3 is 0 Å². The van der Waals surface area contributed by atoms with Crippen LogP contribution in [0.15, 0.2) is 12.1 Å². The van der Waals surface area contributed by atoms with E-state index in [0.29, 0.717) is 6.54 Å². The van der Waals surface area contributed by atoms with E-state index in [0.717, 1.165) is 18.6 Å². The molecular formula is C13H19F2NO. The summed E-state index contributed by atoms with van der Waals surface area (Å²) in [4.78, 5) is 0. The Bertz CT molecular complexity index is 395. The third kappa shape index (κ3) is 3.01. The Kier molecular flexibility index (Phi) is 4.60. The number of hydrogen-bond acceptors (Lipinski definition) is 2. The van der Waals surface area contributed by atoms with E-state index in [2.05, 4.69) is 5.32 Å². The largest absolute Gasteiger partial charge is 0.394 e. The molecule has 0 fully saturated rings. The maximum Gasteiger partial charge on any atom is 0.128 e. The first-order valence-electron chi connectivity index (χ1n) is 5.76. The Balaban J connectivity index is 3.15. The van der Waals surface area contributed by atoms with Gasteiger partial charge in [-0.3, -0.25) is 0 Å². The average molecular weight is 243 g/mol. The van der Waals surface area contributed by atoms with Crippen LogP contribution in [0.1, 0.15) is 31.4 Å². The second kappa shape index (κ2) is 5.56. The van der Waals surface area contributed by atoms with Crippen LogP contribution in [-0.2, 0) is 5.54 Å². The first-order chi connectivity index (χ1) is 7.94. The summed E-state index contributed by atoms with van der Waals surface area (Å²) in [7, 11) is 0. The Morgan fingerprint density at radius 2 is 1.94 bits per heavy atom. The van der Waals surface area contributed by atoms with Crippen LogP contribution in [0.3, 0.4) is 0 Å². The normalized spacial score (nSPS) is 14.7. The van der Waals surface area contributed by atoms with Crippen molar-refractivity contribution in [1.29, 1.82) is 0 Å². The van der Waals surface area contributed by atoms with Gasteiger partial charge in [0.05, 0.1) is 12.1 Å². The van der Waals surface area contributed by atoms with Crippen LogP contribution < -0.4 is 5.32 Å². The van der Waals surface area contributed by atoms with E-state index in [1.807, 2.05) is 6.92 Å². The molecule has 0 aliphatic carbocycles. The molecule has 17 heavy (non-hydrogen) atoms. The van der Waals surface area contributed by atoms with Crippen molar-refractivity contribution < 1.29 is 13.9 Å². The summed E-state index contributed by atoms with van der Waals surface area (Å²) in [6.45, 7) is 5.49. The summed E-state index contributed by atoms with van der Waals surface area (Å²) in [5.74, 6) is -0.955. The van der Waals surface area contributed by atoms with Crippen molar-refractivity contribution in [2.75, 3.05) is 13.2 Å². The van der Waals surface area contributed by atoms with Crippen molar-refractivity contribution in [2.45, 2.75) is 32.7 Å². The van der Waals surface area contributed by atoms with Gasteiger partial charge in [-0.1, -0.05) is 6.92 Å². The molecular weight excluding hydrogens is 224 g/mol. The van der Waals surface area contributed by atoms with Crippen LogP contribution in [0, 0.1) is 18.6 Å². The van der Waals surface area contributed by atoms with Gasteiger partial charge in [0.1, 0.15) is 11.6 Å². The molecule has 0 aromatic heterocycles. The van der Waals surface area contributed by atoms with E-state index < -0.39 is 17.2 Å². The van der Waals surface area contributed by atoms with Gasteiger partial charge in [-0.2, -0.15) is 0 Å². The molecule has 2 N–H and O–H groups in total. The highest BCUT2D eigenvalue weighted by atomic mass is 19.1. The number of nitrogens with one attached hydrogen (secondary N) is 1. The van der Waals surface area contributed by atoms with Crippen LogP contribution in [0.2, 0.25) is 0 Å². The minimum atomic E-state index is -0.950. The summed E-state index contributed by atoms with van der Waals surface area (Å²) < 4.78 is 27.3. The number of halogens is 2. The van der Waals surface area contributed by atoms with E-state index in [1.54, 1.807) is 6.92 Å². The molecule has 0 bridgehead atoms. The van der Waals surface area contributed by atoms with Gasteiger partial charge in [0, 0.05) is 5.56 Å². The molecule has 1 atom stereocenters. The lowest BCUT2D eigenvalue weighted by Crippen LogP contribution is -2.44. The maximum atomic E-state index is 13.8. The minimum absolute atomic E-state index is 0.163. The van der Waals surface area contributed by atoms with E-state index in [4.69, 9.17) is 0 Å². The second-order valence-electron chi connectivity index (χ2n) is 4.50. The third-order valence-corrected chi connectivity index (χ3v) is 2.92. The van der Waals surface area contributed by atoms with Crippen LogP contribution in [-0.4, -0.2) is 18.3 Å². The first-order valence-corrected chi connectivity index (χ1v) is 5.76. The summed E-state index contributed by atoms with van der Waals surface area (Å²) in [5, 5.41) is 12.4. The molecule has 0 aliphatic rings. The highest BCUT2D eigenvalue weighted by Gasteiger charge is 2.29. The molecule has 96 valence electrons. The molecule has 1 unspecified atom stereocenters. The fourth-order valence-corrected chi connectivity index (χ4v) is 1.71. The van der Waals surface area contributed by atoms with Crippen molar-refractivity contribution in [3.63, 3.8) is 0 Å². The van der Waals surface area contributed by atoms with Crippen molar-refractivity contribution in [3.05, 3.63) is 34.9 Å². The fraction of sp³-hybridized carbons (Fsp3) is 0.538. The number of hydrogen-bond donors (Lipinski definition) is 2. The molecule has 0 spiro atoms. The summed E-state index contributed by atoms with van der Waals surface area (Å²) in [5.41, 5.74) is -0.521. The van der Waals surface area contributed by atoms with E-state index in [-0.39, 0.29) is 17.7 Å². The summed E-state index contributed by atoms with van der Waals surface area (Å²) >= 11 is 0. The van der Waals surface area contributed by atoms with Crippen molar-refractivity contribution in [1.82, 2.24) is 5.32 Å². The predicted molar refractivity (Wildman–Crippen MR) is 63.8 cm³/mol. The Hall–Kier alpha value is -1.00. The van der Waals surface area contributed by atoms with Crippen LogP contribution >= 0.6 is 0 Å². The zero-order valence-corrected chi connectivity index (χ0v) is 10.5.